The fourth-order valence-corrected chi connectivity index (χ4v) is 2.24. The number of fused-ring (bicyclic) bond motifs is 1. The van der Waals surface area contributed by atoms with Crippen LogP contribution < -0.4 is 11.4 Å². The first-order valence-electron chi connectivity index (χ1n) is 6.22. The molecule has 0 radical (unpaired) electrons. The number of hydrogen-bond acceptors (Lipinski definition) is 3. The molecule has 3 aromatic rings. The maximum absolute atomic E-state index is 12.3. The monoisotopic (exact) mass is 288 g/mol. The van der Waals surface area contributed by atoms with E-state index in [9.17, 15) is 4.79 Å². The first kappa shape index (κ1) is 12.7. The van der Waals surface area contributed by atoms with Crippen molar-refractivity contribution in [2.24, 2.45) is 0 Å². The molecule has 3 rings (SSSR count). The Bertz CT molecular complexity index is 804. The Balaban J connectivity index is 1.87. The zero-order valence-electron chi connectivity index (χ0n) is 10.7. The van der Waals surface area contributed by atoms with E-state index in [1.807, 2.05) is 24.3 Å². The highest BCUT2D eigenvalue weighted by atomic mass is 35.5. The molecule has 0 atom stereocenters. The van der Waals surface area contributed by atoms with Crippen LogP contribution in [0.15, 0.2) is 47.5 Å². The lowest BCUT2D eigenvalue weighted by molar-refractivity contribution is 0.627. The number of hydrogen-bond donors (Lipinski definition) is 1. The van der Waals surface area contributed by atoms with E-state index in [0.717, 1.165) is 12.0 Å². The average molecular weight is 289 g/mol. The van der Waals surface area contributed by atoms with Gasteiger partial charge in [-0.05, 0) is 36.2 Å². The zero-order valence-corrected chi connectivity index (χ0v) is 11.4. The molecule has 0 spiro atoms. The molecular weight excluding hydrogens is 276 g/mol. The molecule has 5 nitrogen and oxygen atoms in total. The number of nitrogens with zero attached hydrogens (tertiary/aromatic N) is 3. The molecule has 0 unspecified atom stereocenters. The summed E-state index contributed by atoms with van der Waals surface area (Å²) in [6.45, 7) is 0.543. The Morgan fingerprint density at radius 2 is 1.90 bits per heavy atom. The predicted molar refractivity (Wildman–Crippen MR) is 79.0 cm³/mol. The number of nitrogens with two attached hydrogens (primary N) is 1. The molecule has 6 heteroatoms. The number of anilines is 1. The fourth-order valence-electron chi connectivity index (χ4n) is 2.11. The Morgan fingerprint density at radius 3 is 2.65 bits per heavy atom. The summed E-state index contributed by atoms with van der Waals surface area (Å²) in [5.74, 6) is 0.401. The van der Waals surface area contributed by atoms with Crippen molar-refractivity contribution < 1.29 is 0 Å². The van der Waals surface area contributed by atoms with Crippen molar-refractivity contribution >= 4 is 23.1 Å². The first-order chi connectivity index (χ1) is 9.65. The van der Waals surface area contributed by atoms with E-state index in [0.29, 0.717) is 23.0 Å². The topological polar surface area (TPSA) is 65.3 Å². The van der Waals surface area contributed by atoms with Crippen LogP contribution in [0.1, 0.15) is 5.56 Å². The summed E-state index contributed by atoms with van der Waals surface area (Å²) < 4.78 is 2.96. The lowest BCUT2D eigenvalue weighted by Crippen LogP contribution is -2.28. The highest BCUT2D eigenvalue weighted by Crippen LogP contribution is 2.10. The summed E-state index contributed by atoms with van der Waals surface area (Å²) >= 11 is 5.84. The molecule has 20 heavy (non-hydrogen) atoms. The van der Waals surface area contributed by atoms with Crippen molar-refractivity contribution in [3.8, 4) is 0 Å². The predicted octanol–water partition coefficient (Wildman–Crippen LogP) is 1.97. The summed E-state index contributed by atoms with van der Waals surface area (Å²) in [5.41, 5.74) is 7.27. The maximum atomic E-state index is 12.3. The van der Waals surface area contributed by atoms with Crippen LogP contribution in [-0.2, 0) is 13.0 Å². The van der Waals surface area contributed by atoms with Crippen LogP contribution in [0, 0.1) is 0 Å². The first-order valence-corrected chi connectivity index (χ1v) is 6.60. The summed E-state index contributed by atoms with van der Waals surface area (Å²) in [6, 6.07) is 11.0. The second-order valence-electron chi connectivity index (χ2n) is 4.55. The van der Waals surface area contributed by atoms with Gasteiger partial charge < -0.3 is 5.73 Å². The summed E-state index contributed by atoms with van der Waals surface area (Å²) in [5, 5.41) is 0.703. The zero-order chi connectivity index (χ0) is 14.1. The SMILES string of the molecule is Nc1ccc2ncn(CCc3ccc(Cl)cc3)c(=O)n12. The van der Waals surface area contributed by atoms with Crippen molar-refractivity contribution in [2.75, 3.05) is 5.73 Å². The van der Waals surface area contributed by atoms with Gasteiger partial charge in [-0.2, -0.15) is 0 Å². The molecule has 0 aliphatic carbocycles. The van der Waals surface area contributed by atoms with Crippen LogP contribution in [0.5, 0.6) is 0 Å². The lowest BCUT2D eigenvalue weighted by atomic mass is 10.1. The van der Waals surface area contributed by atoms with Crippen molar-refractivity contribution in [2.45, 2.75) is 13.0 Å². The Kier molecular flexibility index (Phi) is 3.20. The van der Waals surface area contributed by atoms with Gasteiger partial charge in [0.05, 0.1) is 0 Å². The Morgan fingerprint density at radius 1 is 1.15 bits per heavy atom. The van der Waals surface area contributed by atoms with Crippen LogP contribution >= 0.6 is 11.6 Å². The summed E-state index contributed by atoms with van der Waals surface area (Å²) in [4.78, 5) is 16.5. The molecule has 2 N–H and O–H groups in total. The van der Waals surface area contributed by atoms with E-state index < -0.39 is 0 Å². The molecule has 0 aliphatic heterocycles. The number of aromatic nitrogens is 3. The molecule has 0 fully saturated rings. The highest BCUT2D eigenvalue weighted by molar-refractivity contribution is 6.30. The molecule has 2 aromatic heterocycles. The molecule has 2 heterocycles. The van der Waals surface area contributed by atoms with Gasteiger partial charge in [-0.1, -0.05) is 23.7 Å². The maximum Gasteiger partial charge on any atom is 0.336 e. The molecule has 0 aliphatic rings. The Hall–Kier alpha value is -2.27. The van der Waals surface area contributed by atoms with Crippen molar-refractivity contribution in [1.82, 2.24) is 14.0 Å². The van der Waals surface area contributed by atoms with Crippen LogP contribution in [0.3, 0.4) is 0 Å². The summed E-state index contributed by atoms with van der Waals surface area (Å²) in [6.07, 6.45) is 2.28. The van der Waals surface area contributed by atoms with Gasteiger partial charge in [0.15, 0.2) is 0 Å². The largest absolute Gasteiger partial charge is 0.385 e. The minimum Gasteiger partial charge on any atom is -0.385 e. The van der Waals surface area contributed by atoms with Gasteiger partial charge in [-0.3, -0.25) is 4.57 Å². The van der Waals surface area contributed by atoms with Crippen LogP contribution in [0.4, 0.5) is 5.82 Å². The highest BCUT2D eigenvalue weighted by Gasteiger charge is 2.06. The lowest BCUT2D eigenvalue weighted by Gasteiger charge is -2.06. The molecule has 0 saturated heterocycles. The van der Waals surface area contributed by atoms with Crippen LogP contribution in [0.25, 0.3) is 5.65 Å². The number of nitrogen functional groups attached to an aromatic ring is 1. The molecule has 0 amide bonds. The second kappa shape index (κ2) is 5.02. The third-order valence-electron chi connectivity index (χ3n) is 3.21. The smallest absolute Gasteiger partial charge is 0.336 e. The summed E-state index contributed by atoms with van der Waals surface area (Å²) in [7, 11) is 0. The average Bonchev–Trinajstić information content (AvgIpc) is 2.82. The molecule has 1 aromatic carbocycles. The van der Waals surface area contributed by atoms with Crippen molar-refractivity contribution in [3.63, 3.8) is 0 Å². The van der Waals surface area contributed by atoms with Gasteiger partial charge in [-0.15, -0.1) is 0 Å². The molecule has 0 saturated carbocycles. The van der Waals surface area contributed by atoms with Gasteiger partial charge >= 0.3 is 5.69 Å². The second-order valence-corrected chi connectivity index (χ2v) is 4.99. The van der Waals surface area contributed by atoms with Crippen molar-refractivity contribution in [3.05, 3.63) is 63.8 Å². The van der Waals surface area contributed by atoms with Gasteiger partial charge in [0.1, 0.15) is 17.8 Å². The molecule has 102 valence electrons. The number of halogens is 1. The molecule has 0 bridgehead atoms. The van der Waals surface area contributed by atoms with E-state index >= 15 is 0 Å². The Labute approximate surface area is 120 Å². The quantitative estimate of drug-likeness (QED) is 0.801. The van der Waals surface area contributed by atoms with Crippen LogP contribution in [0.2, 0.25) is 5.02 Å². The van der Waals surface area contributed by atoms with Gasteiger partial charge in [0, 0.05) is 11.6 Å². The minimum atomic E-state index is -0.175. The van der Waals surface area contributed by atoms with E-state index in [4.69, 9.17) is 17.3 Å². The fraction of sp³-hybridized carbons (Fsp3) is 0.143. The third kappa shape index (κ3) is 2.28. The van der Waals surface area contributed by atoms with Gasteiger partial charge in [0.2, 0.25) is 0 Å². The number of benzene rings is 1. The van der Waals surface area contributed by atoms with E-state index in [1.165, 1.54) is 4.40 Å². The van der Waals surface area contributed by atoms with E-state index in [-0.39, 0.29) is 5.69 Å². The number of rotatable bonds is 3. The third-order valence-corrected chi connectivity index (χ3v) is 3.46. The normalized spacial score (nSPS) is 11.1. The minimum absolute atomic E-state index is 0.175. The van der Waals surface area contributed by atoms with E-state index in [2.05, 4.69) is 4.98 Å². The van der Waals surface area contributed by atoms with Crippen molar-refractivity contribution in [1.29, 1.82) is 0 Å². The molecular formula is C14H13ClN4O. The van der Waals surface area contributed by atoms with Crippen LogP contribution in [-0.4, -0.2) is 14.0 Å². The van der Waals surface area contributed by atoms with E-state index in [1.54, 1.807) is 23.0 Å². The standard InChI is InChI=1S/C14H13ClN4O/c15-11-3-1-10(2-4-11)7-8-18-9-17-13-6-5-12(16)19(13)14(18)20/h1-6,9H,7-8,16H2. The van der Waals surface area contributed by atoms with Gasteiger partial charge in [-0.25, -0.2) is 14.2 Å². The van der Waals surface area contributed by atoms with Gasteiger partial charge in [0.25, 0.3) is 0 Å². The number of aryl methyl sites for hydroxylation is 2.